The second-order valence-electron chi connectivity index (χ2n) is 14.0. The number of nitrogens with zero attached hydrogens (tertiary/aromatic N) is 1. The number of aliphatic hydroxyl groups is 1. The van der Waals surface area contributed by atoms with Crippen LogP contribution in [0.25, 0.3) is 0 Å². The van der Waals surface area contributed by atoms with E-state index in [1.165, 1.54) is 44.1 Å². The van der Waals surface area contributed by atoms with Gasteiger partial charge in [-0.25, -0.2) is 0 Å². The number of piperidine rings is 1. The minimum atomic E-state index is -0.641. The van der Waals surface area contributed by atoms with Crippen molar-refractivity contribution < 1.29 is 24.4 Å². The summed E-state index contributed by atoms with van der Waals surface area (Å²) in [6.07, 6.45) is 12.8. The first-order valence-electron chi connectivity index (χ1n) is 15.1. The average molecular weight is 512 g/mol. The summed E-state index contributed by atoms with van der Waals surface area (Å²) in [5, 5.41) is 10.1. The second kappa shape index (κ2) is 9.19. The van der Waals surface area contributed by atoms with Crippen LogP contribution in [-0.2, 0) is 14.5 Å². The number of β-amino-alcohol motifs (C(OH)–C–C–N with tert-alkyl or cyclic N) is 1. The van der Waals surface area contributed by atoms with E-state index < -0.39 is 17.2 Å². The Balaban J connectivity index is 0.964. The lowest BCUT2D eigenvalue weighted by molar-refractivity contribution is -0.390. The van der Waals surface area contributed by atoms with Crippen LogP contribution >= 0.6 is 0 Å². The molecule has 8 rings (SSSR count). The fraction of sp³-hybridized carbons (Fsp3) is 0.806. The van der Waals surface area contributed by atoms with Gasteiger partial charge in [-0.15, -0.1) is 0 Å². The van der Waals surface area contributed by atoms with Gasteiger partial charge in [-0.1, -0.05) is 12.1 Å². The van der Waals surface area contributed by atoms with Crippen LogP contribution in [0.4, 0.5) is 0 Å². The van der Waals surface area contributed by atoms with E-state index in [0.717, 1.165) is 69.3 Å². The third-order valence-corrected chi connectivity index (χ3v) is 10.4. The van der Waals surface area contributed by atoms with Crippen LogP contribution in [0.5, 0.6) is 5.75 Å². The fourth-order valence-electron chi connectivity index (χ4n) is 9.00. The van der Waals surface area contributed by atoms with Crippen molar-refractivity contribution in [2.75, 3.05) is 19.6 Å². The maximum absolute atomic E-state index is 10.1. The summed E-state index contributed by atoms with van der Waals surface area (Å²) >= 11 is 0. The van der Waals surface area contributed by atoms with Gasteiger partial charge in [0, 0.05) is 44.3 Å². The first-order valence-corrected chi connectivity index (χ1v) is 15.1. The predicted molar refractivity (Wildman–Crippen MR) is 140 cm³/mol. The molecular weight excluding hydrogens is 466 g/mol. The van der Waals surface area contributed by atoms with Crippen molar-refractivity contribution in [3.8, 4) is 5.75 Å². The molecule has 1 aromatic rings. The molecule has 6 nitrogen and oxygen atoms in total. The summed E-state index contributed by atoms with van der Waals surface area (Å²) in [6.45, 7) is 6.43. The number of hydrogen-bond acceptors (Lipinski definition) is 6. The molecular formula is C31H45NO5. The van der Waals surface area contributed by atoms with E-state index >= 15 is 0 Å². The Morgan fingerprint density at radius 2 is 1.62 bits per heavy atom. The molecule has 1 unspecified atom stereocenters. The Bertz CT molecular complexity index is 937. The van der Waals surface area contributed by atoms with Gasteiger partial charge in [0.2, 0.25) is 11.6 Å². The van der Waals surface area contributed by atoms with Gasteiger partial charge in [-0.3, -0.25) is 0 Å². The monoisotopic (exact) mass is 511 g/mol. The van der Waals surface area contributed by atoms with Crippen molar-refractivity contribution >= 4 is 0 Å². The quantitative estimate of drug-likeness (QED) is 0.506. The summed E-state index contributed by atoms with van der Waals surface area (Å²) in [6, 6.07) is 8.78. The Morgan fingerprint density at radius 3 is 2.27 bits per heavy atom. The molecule has 0 radical (unpaired) electrons. The molecule has 6 heteroatoms. The summed E-state index contributed by atoms with van der Waals surface area (Å²) in [5.41, 5.74) is 0.711. The first-order chi connectivity index (χ1) is 17.8. The first kappa shape index (κ1) is 24.8. The third-order valence-electron chi connectivity index (χ3n) is 10.4. The molecule has 0 aromatic heterocycles. The fourth-order valence-corrected chi connectivity index (χ4v) is 9.00. The minimum Gasteiger partial charge on any atom is -0.490 e. The molecule has 0 amide bonds. The van der Waals surface area contributed by atoms with Gasteiger partial charge >= 0.3 is 0 Å². The molecule has 37 heavy (non-hydrogen) atoms. The topological polar surface area (TPSA) is 60.4 Å². The van der Waals surface area contributed by atoms with E-state index in [9.17, 15) is 5.11 Å². The van der Waals surface area contributed by atoms with Crippen molar-refractivity contribution in [2.45, 2.75) is 114 Å². The van der Waals surface area contributed by atoms with Crippen LogP contribution in [0.2, 0.25) is 0 Å². The average Bonchev–Trinajstić information content (AvgIpc) is 3.22. The lowest BCUT2D eigenvalue weighted by Crippen LogP contribution is -2.59. The van der Waals surface area contributed by atoms with E-state index in [1.807, 2.05) is 13.8 Å². The second-order valence-corrected chi connectivity index (χ2v) is 14.0. The standard InChI is InChI=1S/C31H45NO5/c1-29(2,33)20-32-12-9-28(10-13-32)34-27-7-5-23(6-8-27)24-4-3-11-30(19-24)35-31(37-36-30)25-15-21-14-22(17-25)18-26(31)16-21/h5-8,21-22,24-26,28,33H,3-4,9-20H2,1-2H3/t21?,22?,24?,25?,26?,30-,31?/m1/s1. The molecule has 7 aliphatic rings. The predicted octanol–water partition coefficient (Wildman–Crippen LogP) is 5.79. The molecule has 2 saturated heterocycles. The Kier molecular flexibility index (Phi) is 6.17. The Hall–Kier alpha value is -1.18. The smallest absolute Gasteiger partial charge is 0.210 e. The molecule has 2 heterocycles. The highest BCUT2D eigenvalue weighted by Crippen LogP contribution is 2.64. The van der Waals surface area contributed by atoms with Gasteiger partial charge in [-0.2, -0.15) is 9.78 Å². The highest BCUT2D eigenvalue weighted by atomic mass is 17.3. The zero-order valence-electron chi connectivity index (χ0n) is 22.7. The van der Waals surface area contributed by atoms with Gasteiger partial charge < -0.3 is 19.5 Å². The third kappa shape index (κ3) is 4.75. The molecule has 4 bridgehead atoms. The molecule has 7 fully saturated rings. The molecule has 2 aliphatic heterocycles. The lowest BCUT2D eigenvalue weighted by atomic mass is 9.53. The molecule has 1 aromatic carbocycles. The molecule has 2 atom stereocenters. The van der Waals surface area contributed by atoms with Crippen molar-refractivity contribution in [3.05, 3.63) is 29.8 Å². The van der Waals surface area contributed by atoms with Gasteiger partial charge in [0.15, 0.2) is 0 Å². The number of rotatable bonds is 5. The minimum absolute atomic E-state index is 0.247. The van der Waals surface area contributed by atoms with Crippen LogP contribution in [-0.4, -0.2) is 52.9 Å². The van der Waals surface area contributed by atoms with Crippen molar-refractivity contribution in [1.29, 1.82) is 0 Å². The van der Waals surface area contributed by atoms with Crippen LogP contribution in [0.3, 0.4) is 0 Å². The highest BCUT2D eigenvalue weighted by Gasteiger charge is 2.67. The zero-order valence-corrected chi connectivity index (χ0v) is 22.7. The summed E-state index contributed by atoms with van der Waals surface area (Å²) < 4.78 is 13.3. The van der Waals surface area contributed by atoms with Crippen LogP contribution in [0, 0.1) is 23.7 Å². The van der Waals surface area contributed by atoms with Crippen molar-refractivity contribution in [3.63, 3.8) is 0 Å². The van der Waals surface area contributed by atoms with Crippen molar-refractivity contribution in [2.24, 2.45) is 23.7 Å². The zero-order chi connectivity index (χ0) is 25.3. The normalized spacial score (nSPS) is 42.2. The van der Waals surface area contributed by atoms with E-state index in [1.54, 1.807) is 0 Å². The summed E-state index contributed by atoms with van der Waals surface area (Å²) in [4.78, 5) is 14.8. The SMILES string of the molecule is CC(C)(O)CN1CCC(Oc2ccc(C3CCC[C@]4(C3)OOC3(O4)C4CC5CC(C4)CC3C5)cc2)CC1. The number of likely N-dealkylation sites (tertiary alicyclic amines) is 1. The lowest BCUT2D eigenvalue weighted by Gasteiger charge is -2.57. The van der Waals surface area contributed by atoms with Gasteiger partial charge in [0.25, 0.3) is 0 Å². The Labute approximate surface area is 221 Å². The van der Waals surface area contributed by atoms with E-state index in [2.05, 4.69) is 29.2 Å². The van der Waals surface area contributed by atoms with Gasteiger partial charge in [0.1, 0.15) is 11.9 Å². The maximum atomic E-state index is 10.1. The molecule has 1 N–H and O–H groups in total. The number of hydrogen-bond donors (Lipinski definition) is 1. The number of benzene rings is 1. The largest absolute Gasteiger partial charge is 0.490 e. The summed E-state index contributed by atoms with van der Waals surface area (Å²) in [5.74, 6) is 3.13. The van der Waals surface area contributed by atoms with Gasteiger partial charge in [-0.05, 0) is 107 Å². The van der Waals surface area contributed by atoms with Crippen LogP contribution in [0.15, 0.2) is 24.3 Å². The van der Waals surface area contributed by atoms with E-state index in [4.69, 9.17) is 19.2 Å². The van der Waals surface area contributed by atoms with Crippen molar-refractivity contribution in [1.82, 2.24) is 4.90 Å². The maximum Gasteiger partial charge on any atom is 0.210 e. The van der Waals surface area contributed by atoms with E-state index in [-0.39, 0.29) is 6.10 Å². The summed E-state index contributed by atoms with van der Waals surface area (Å²) in [7, 11) is 0. The molecule has 204 valence electrons. The highest BCUT2D eigenvalue weighted by molar-refractivity contribution is 5.30. The van der Waals surface area contributed by atoms with Crippen LogP contribution < -0.4 is 4.74 Å². The van der Waals surface area contributed by atoms with Crippen LogP contribution in [0.1, 0.15) is 96.0 Å². The number of ether oxygens (including phenoxy) is 2. The van der Waals surface area contributed by atoms with E-state index in [0.29, 0.717) is 17.8 Å². The molecule has 5 aliphatic carbocycles. The molecule has 5 saturated carbocycles. The Morgan fingerprint density at radius 1 is 0.946 bits per heavy atom. The van der Waals surface area contributed by atoms with Gasteiger partial charge in [0.05, 0.1) is 5.60 Å². The molecule has 2 spiro atoms.